The minimum absolute atomic E-state index is 0.0916. The summed E-state index contributed by atoms with van der Waals surface area (Å²) >= 11 is 8.55. The first kappa shape index (κ1) is 15.6. The Morgan fingerprint density at radius 3 is 2.55 bits per heavy atom. The van der Waals surface area contributed by atoms with Gasteiger partial charge in [0.25, 0.3) is 0 Å². The Labute approximate surface area is 138 Å². The molecule has 2 aromatic rings. The van der Waals surface area contributed by atoms with E-state index in [2.05, 4.69) is 29.5 Å². The van der Waals surface area contributed by atoms with Gasteiger partial charge in [-0.3, -0.25) is 0 Å². The monoisotopic (exact) mass is 401 g/mol. The molecule has 0 amide bonds. The molecule has 0 aliphatic heterocycles. The molecular formula is C16H17ClINO. The molecular weight excluding hydrogens is 385 g/mol. The predicted molar refractivity (Wildman–Crippen MR) is 92.7 cm³/mol. The van der Waals surface area contributed by atoms with Gasteiger partial charge < -0.3 is 10.5 Å². The van der Waals surface area contributed by atoms with Gasteiger partial charge in [-0.15, -0.1) is 0 Å². The number of hydrogen-bond donors (Lipinski definition) is 1. The molecule has 0 bridgehead atoms. The largest absolute Gasteiger partial charge is 0.457 e. The first-order valence-corrected chi connectivity index (χ1v) is 8.02. The summed E-state index contributed by atoms with van der Waals surface area (Å²) in [6, 6.07) is 13.7. The van der Waals surface area contributed by atoms with Gasteiger partial charge in [0, 0.05) is 20.2 Å². The SMILES string of the molecule is CCC(N)Cc1c(Cl)cccc1Oc1ccc(I)cc1. The molecule has 0 radical (unpaired) electrons. The molecule has 2 nitrogen and oxygen atoms in total. The molecule has 1 atom stereocenters. The molecule has 0 aliphatic rings. The summed E-state index contributed by atoms with van der Waals surface area (Å²) in [6.07, 6.45) is 1.63. The maximum absolute atomic E-state index is 6.29. The second kappa shape index (κ2) is 7.29. The van der Waals surface area contributed by atoms with Gasteiger partial charge in [0.2, 0.25) is 0 Å². The summed E-state index contributed by atoms with van der Waals surface area (Å²) in [5.41, 5.74) is 7.01. The second-order valence-corrected chi connectivity index (χ2v) is 6.30. The lowest BCUT2D eigenvalue weighted by atomic mass is 10.0. The van der Waals surface area contributed by atoms with Crippen molar-refractivity contribution in [2.45, 2.75) is 25.8 Å². The van der Waals surface area contributed by atoms with Crippen molar-refractivity contribution < 1.29 is 4.74 Å². The summed E-state index contributed by atoms with van der Waals surface area (Å²) in [5, 5.41) is 0.705. The minimum atomic E-state index is 0.0916. The second-order valence-electron chi connectivity index (χ2n) is 4.64. The van der Waals surface area contributed by atoms with E-state index in [1.54, 1.807) is 0 Å². The van der Waals surface area contributed by atoms with E-state index >= 15 is 0 Å². The van der Waals surface area contributed by atoms with Crippen LogP contribution in [0, 0.1) is 3.57 Å². The Morgan fingerprint density at radius 1 is 1.20 bits per heavy atom. The lowest BCUT2D eigenvalue weighted by Gasteiger charge is -2.15. The van der Waals surface area contributed by atoms with Gasteiger partial charge in [-0.25, -0.2) is 0 Å². The molecule has 2 rings (SSSR count). The molecule has 0 aromatic heterocycles. The van der Waals surface area contributed by atoms with Crippen LogP contribution in [-0.4, -0.2) is 6.04 Å². The maximum atomic E-state index is 6.29. The van der Waals surface area contributed by atoms with Gasteiger partial charge in [0.15, 0.2) is 0 Å². The highest BCUT2D eigenvalue weighted by Crippen LogP contribution is 2.31. The van der Waals surface area contributed by atoms with Crippen LogP contribution in [0.15, 0.2) is 42.5 Å². The van der Waals surface area contributed by atoms with Crippen molar-refractivity contribution in [2.24, 2.45) is 5.73 Å². The van der Waals surface area contributed by atoms with E-state index in [1.165, 1.54) is 3.57 Å². The molecule has 1 unspecified atom stereocenters. The van der Waals surface area contributed by atoms with Gasteiger partial charge >= 0.3 is 0 Å². The number of rotatable bonds is 5. The van der Waals surface area contributed by atoms with Crippen LogP contribution in [0.5, 0.6) is 11.5 Å². The molecule has 2 aromatic carbocycles. The van der Waals surface area contributed by atoms with Crippen molar-refractivity contribution in [2.75, 3.05) is 0 Å². The van der Waals surface area contributed by atoms with E-state index in [0.717, 1.165) is 29.9 Å². The summed E-state index contributed by atoms with van der Waals surface area (Å²) in [5.74, 6) is 1.58. The fourth-order valence-electron chi connectivity index (χ4n) is 1.87. The topological polar surface area (TPSA) is 35.2 Å². The van der Waals surface area contributed by atoms with E-state index in [4.69, 9.17) is 22.1 Å². The third-order valence-electron chi connectivity index (χ3n) is 3.11. The Hall–Kier alpha value is -0.780. The number of nitrogens with two attached hydrogens (primary N) is 1. The van der Waals surface area contributed by atoms with Gasteiger partial charge in [-0.05, 0) is 71.8 Å². The standard InChI is InChI=1S/C16H17ClINO/c1-2-12(19)10-14-15(17)4-3-5-16(14)20-13-8-6-11(18)7-9-13/h3-9,12H,2,10,19H2,1H3. The zero-order chi connectivity index (χ0) is 14.5. The molecule has 0 fully saturated rings. The average Bonchev–Trinajstić information content (AvgIpc) is 2.45. The summed E-state index contributed by atoms with van der Waals surface area (Å²) in [4.78, 5) is 0. The Morgan fingerprint density at radius 2 is 1.90 bits per heavy atom. The van der Waals surface area contributed by atoms with E-state index in [0.29, 0.717) is 5.02 Å². The zero-order valence-corrected chi connectivity index (χ0v) is 14.2. The van der Waals surface area contributed by atoms with Gasteiger partial charge in [-0.1, -0.05) is 24.6 Å². The Balaban J connectivity index is 2.26. The van der Waals surface area contributed by atoms with Crippen LogP contribution in [-0.2, 0) is 6.42 Å². The highest BCUT2D eigenvalue weighted by molar-refractivity contribution is 14.1. The number of halogens is 2. The smallest absolute Gasteiger partial charge is 0.132 e. The normalized spacial score (nSPS) is 12.2. The van der Waals surface area contributed by atoms with Crippen LogP contribution in [0.2, 0.25) is 5.02 Å². The molecule has 106 valence electrons. The van der Waals surface area contributed by atoms with Crippen LogP contribution in [0.25, 0.3) is 0 Å². The van der Waals surface area contributed by atoms with Gasteiger partial charge in [0.05, 0.1) is 0 Å². The van der Waals surface area contributed by atoms with E-state index < -0.39 is 0 Å². The number of ether oxygens (including phenoxy) is 1. The van der Waals surface area contributed by atoms with E-state index in [9.17, 15) is 0 Å². The zero-order valence-electron chi connectivity index (χ0n) is 11.3. The lowest BCUT2D eigenvalue weighted by Crippen LogP contribution is -2.21. The van der Waals surface area contributed by atoms with Crippen LogP contribution in [0.3, 0.4) is 0 Å². The Bertz CT molecular complexity index is 571. The molecule has 0 saturated carbocycles. The molecule has 0 spiro atoms. The van der Waals surface area contributed by atoms with Crippen molar-refractivity contribution >= 4 is 34.2 Å². The summed E-state index contributed by atoms with van der Waals surface area (Å²) < 4.78 is 7.12. The van der Waals surface area contributed by atoms with Crippen LogP contribution in [0.1, 0.15) is 18.9 Å². The molecule has 20 heavy (non-hydrogen) atoms. The van der Waals surface area contributed by atoms with Crippen molar-refractivity contribution in [3.63, 3.8) is 0 Å². The third kappa shape index (κ3) is 4.11. The summed E-state index contributed by atoms with van der Waals surface area (Å²) in [7, 11) is 0. The van der Waals surface area contributed by atoms with Crippen LogP contribution < -0.4 is 10.5 Å². The molecule has 4 heteroatoms. The molecule has 0 aliphatic carbocycles. The van der Waals surface area contributed by atoms with Crippen molar-refractivity contribution in [1.82, 2.24) is 0 Å². The first-order valence-electron chi connectivity index (χ1n) is 6.56. The van der Waals surface area contributed by atoms with E-state index in [1.807, 2.05) is 42.5 Å². The van der Waals surface area contributed by atoms with E-state index in [-0.39, 0.29) is 6.04 Å². The van der Waals surface area contributed by atoms with Gasteiger partial charge in [-0.2, -0.15) is 0 Å². The fourth-order valence-corrected chi connectivity index (χ4v) is 2.47. The van der Waals surface area contributed by atoms with Crippen molar-refractivity contribution in [3.8, 4) is 11.5 Å². The van der Waals surface area contributed by atoms with Crippen LogP contribution in [0.4, 0.5) is 0 Å². The molecule has 0 saturated heterocycles. The third-order valence-corrected chi connectivity index (χ3v) is 4.18. The lowest BCUT2D eigenvalue weighted by molar-refractivity contribution is 0.472. The maximum Gasteiger partial charge on any atom is 0.132 e. The molecule has 0 heterocycles. The van der Waals surface area contributed by atoms with Crippen LogP contribution >= 0.6 is 34.2 Å². The number of benzene rings is 2. The highest BCUT2D eigenvalue weighted by Gasteiger charge is 2.12. The Kier molecular flexibility index (Phi) is 5.69. The van der Waals surface area contributed by atoms with Gasteiger partial charge in [0.1, 0.15) is 11.5 Å². The number of hydrogen-bond acceptors (Lipinski definition) is 2. The first-order chi connectivity index (χ1) is 9.60. The fraction of sp³-hybridized carbons (Fsp3) is 0.250. The quantitative estimate of drug-likeness (QED) is 0.714. The predicted octanol–water partition coefficient (Wildman–Crippen LogP) is 5.02. The average molecular weight is 402 g/mol. The highest BCUT2D eigenvalue weighted by atomic mass is 127. The summed E-state index contributed by atoms with van der Waals surface area (Å²) in [6.45, 7) is 2.07. The van der Waals surface area contributed by atoms with Crippen molar-refractivity contribution in [1.29, 1.82) is 0 Å². The molecule has 2 N–H and O–H groups in total. The van der Waals surface area contributed by atoms with Crippen molar-refractivity contribution in [3.05, 3.63) is 56.6 Å². The minimum Gasteiger partial charge on any atom is -0.457 e.